The monoisotopic (exact) mass is 313 g/mol. The summed E-state index contributed by atoms with van der Waals surface area (Å²) in [6.45, 7) is 3.74. The van der Waals surface area contributed by atoms with Crippen molar-refractivity contribution in [1.29, 1.82) is 0 Å². The van der Waals surface area contributed by atoms with Crippen LogP contribution in [0.1, 0.15) is 10.4 Å². The van der Waals surface area contributed by atoms with Gasteiger partial charge in [-0.3, -0.25) is 4.79 Å². The Bertz CT molecular complexity index is 637. The molecule has 1 amide bonds. The highest BCUT2D eigenvalue weighted by Gasteiger charge is 2.24. The predicted molar refractivity (Wildman–Crippen MR) is 89.5 cm³/mol. The van der Waals surface area contributed by atoms with Crippen LogP contribution in [-0.2, 0) is 0 Å². The van der Waals surface area contributed by atoms with Gasteiger partial charge in [-0.1, -0.05) is 42.1 Å². The molecular formula is C18H21N2OS+. The van der Waals surface area contributed by atoms with Gasteiger partial charge in [-0.05, 0) is 24.3 Å². The molecule has 1 aliphatic rings. The second-order valence-electron chi connectivity index (χ2n) is 5.66. The third-order valence-electron chi connectivity index (χ3n) is 3.99. The van der Waals surface area contributed by atoms with E-state index in [1.54, 1.807) is 11.8 Å². The summed E-state index contributed by atoms with van der Waals surface area (Å²) in [6, 6.07) is 18.1. The first-order chi connectivity index (χ1) is 10.7. The number of rotatable bonds is 3. The molecule has 0 spiro atoms. The highest BCUT2D eigenvalue weighted by Crippen LogP contribution is 2.30. The molecule has 0 aliphatic carbocycles. The lowest BCUT2D eigenvalue weighted by atomic mass is 10.2. The number of carbonyl (C=O) groups excluding carboxylic acids is 1. The summed E-state index contributed by atoms with van der Waals surface area (Å²) in [5, 5.41) is 0. The molecule has 0 atom stereocenters. The number of benzene rings is 2. The van der Waals surface area contributed by atoms with Gasteiger partial charge in [0.2, 0.25) is 0 Å². The Kier molecular flexibility index (Phi) is 4.80. The number of amides is 1. The Labute approximate surface area is 135 Å². The van der Waals surface area contributed by atoms with E-state index in [0.29, 0.717) is 0 Å². The van der Waals surface area contributed by atoms with Crippen LogP contribution in [0.5, 0.6) is 0 Å². The smallest absolute Gasteiger partial charge is 0.255 e. The average Bonchev–Trinajstić information content (AvgIpc) is 2.56. The van der Waals surface area contributed by atoms with E-state index in [9.17, 15) is 4.79 Å². The molecule has 4 heteroatoms. The van der Waals surface area contributed by atoms with Gasteiger partial charge in [-0.25, -0.2) is 0 Å². The maximum Gasteiger partial charge on any atom is 0.255 e. The molecule has 2 aromatic carbocycles. The minimum Gasteiger partial charge on any atom is -0.334 e. The molecule has 0 unspecified atom stereocenters. The first kappa shape index (κ1) is 15.1. The van der Waals surface area contributed by atoms with Gasteiger partial charge in [0.15, 0.2) is 0 Å². The second-order valence-corrected chi connectivity index (χ2v) is 6.78. The third-order valence-corrected chi connectivity index (χ3v) is 5.08. The van der Waals surface area contributed by atoms with E-state index in [1.165, 1.54) is 4.90 Å². The third kappa shape index (κ3) is 3.51. The van der Waals surface area contributed by atoms with Gasteiger partial charge in [-0.15, -0.1) is 0 Å². The normalized spacial score (nSPS) is 15.8. The largest absolute Gasteiger partial charge is 0.334 e. The molecule has 22 heavy (non-hydrogen) atoms. The van der Waals surface area contributed by atoms with Gasteiger partial charge in [-0.2, -0.15) is 0 Å². The Morgan fingerprint density at radius 3 is 2.36 bits per heavy atom. The van der Waals surface area contributed by atoms with Crippen LogP contribution in [0.2, 0.25) is 0 Å². The van der Waals surface area contributed by atoms with Crippen molar-refractivity contribution < 1.29 is 9.69 Å². The molecule has 0 radical (unpaired) electrons. The number of piperazine rings is 1. The predicted octanol–water partition coefficient (Wildman–Crippen LogP) is 1.81. The van der Waals surface area contributed by atoms with Crippen LogP contribution in [0.3, 0.4) is 0 Å². The van der Waals surface area contributed by atoms with E-state index in [0.717, 1.165) is 41.5 Å². The molecular weight excluding hydrogens is 292 g/mol. The van der Waals surface area contributed by atoms with Gasteiger partial charge in [0, 0.05) is 9.79 Å². The molecule has 3 rings (SSSR count). The fraction of sp³-hybridized carbons (Fsp3) is 0.278. The molecule has 0 saturated carbocycles. The standard InChI is InChI=1S/C18H20N2OS/c1-19-11-13-20(14-12-19)18(21)16-9-5-6-10-17(16)22-15-7-3-2-4-8-15/h2-10H,11-14H2,1H3/p+1. The lowest BCUT2D eigenvalue weighted by Gasteiger charge is -2.30. The zero-order chi connectivity index (χ0) is 15.4. The summed E-state index contributed by atoms with van der Waals surface area (Å²) >= 11 is 1.65. The van der Waals surface area contributed by atoms with E-state index in [1.807, 2.05) is 47.4 Å². The summed E-state index contributed by atoms with van der Waals surface area (Å²) in [4.78, 5) is 18.5. The number of carbonyl (C=O) groups is 1. The molecule has 1 N–H and O–H groups in total. The molecule has 1 heterocycles. The summed E-state index contributed by atoms with van der Waals surface area (Å²) in [5.41, 5.74) is 0.816. The topological polar surface area (TPSA) is 24.8 Å². The summed E-state index contributed by atoms with van der Waals surface area (Å²) in [5.74, 6) is 0.159. The van der Waals surface area contributed by atoms with Crippen molar-refractivity contribution in [1.82, 2.24) is 4.90 Å². The van der Waals surface area contributed by atoms with Crippen LogP contribution >= 0.6 is 11.8 Å². The fourth-order valence-electron chi connectivity index (χ4n) is 2.61. The van der Waals surface area contributed by atoms with Crippen molar-refractivity contribution in [2.24, 2.45) is 0 Å². The highest BCUT2D eigenvalue weighted by atomic mass is 32.2. The van der Waals surface area contributed by atoms with Crippen molar-refractivity contribution >= 4 is 17.7 Å². The number of hydrogen-bond acceptors (Lipinski definition) is 2. The Morgan fingerprint density at radius 1 is 1.00 bits per heavy atom. The minimum absolute atomic E-state index is 0.159. The number of hydrogen-bond donors (Lipinski definition) is 1. The molecule has 2 aromatic rings. The average molecular weight is 313 g/mol. The van der Waals surface area contributed by atoms with Gasteiger partial charge in [0.1, 0.15) is 0 Å². The van der Waals surface area contributed by atoms with E-state index >= 15 is 0 Å². The van der Waals surface area contributed by atoms with Crippen LogP contribution in [0.15, 0.2) is 64.4 Å². The second kappa shape index (κ2) is 6.99. The van der Waals surface area contributed by atoms with Gasteiger partial charge >= 0.3 is 0 Å². The maximum absolute atomic E-state index is 12.8. The first-order valence-corrected chi connectivity index (χ1v) is 8.48. The highest BCUT2D eigenvalue weighted by molar-refractivity contribution is 7.99. The molecule has 1 aliphatic heterocycles. The maximum atomic E-state index is 12.8. The minimum atomic E-state index is 0.159. The van der Waals surface area contributed by atoms with E-state index in [2.05, 4.69) is 19.2 Å². The Morgan fingerprint density at radius 2 is 1.64 bits per heavy atom. The van der Waals surface area contributed by atoms with E-state index in [4.69, 9.17) is 0 Å². The van der Waals surface area contributed by atoms with Crippen molar-refractivity contribution in [3.63, 3.8) is 0 Å². The van der Waals surface area contributed by atoms with Crippen LogP contribution in [-0.4, -0.2) is 44.0 Å². The Balaban J connectivity index is 1.80. The quantitative estimate of drug-likeness (QED) is 0.935. The van der Waals surface area contributed by atoms with Crippen LogP contribution in [0.25, 0.3) is 0 Å². The molecule has 1 saturated heterocycles. The molecule has 1 fully saturated rings. The van der Waals surface area contributed by atoms with Crippen molar-refractivity contribution in [2.75, 3.05) is 33.2 Å². The zero-order valence-corrected chi connectivity index (χ0v) is 13.6. The summed E-state index contributed by atoms with van der Waals surface area (Å²) < 4.78 is 0. The van der Waals surface area contributed by atoms with Crippen molar-refractivity contribution in [2.45, 2.75) is 9.79 Å². The van der Waals surface area contributed by atoms with Crippen molar-refractivity contribution in [3.8, 4) is 0 Å². The lowest BCUT2D eigenvalue weighted by Crippen LogP contribution is -3.12. The van der Waals surface area contributed by atoms with Crippen LogP contribution in [0, 0.1) is 0 Å². The Hall–Kier alpha value is -1.78. The number of nitrogens with zero attached hydrogens (tertiary/aromatic N) is 1. The lowest BCUT2D eigenvalue weighted by molar-refractivity contribution is -0.883. The van der Waals surface area contributed by atoms with Crippen molar-refractivity contribution in [3.05, 3.63) is 60.2 Å². The molecule has 3 nitrogen and oxygen atoms in total. The van der Waals surface area contributed by atoms with Gasteiger partial charge in [0.25, 0.3) is 5.91 Å². The summed E-state index contributed by atoms with van der Waals surface area (Å²) in [7, 11) is 2.18. The van der Waals surface area contributed by atoms with Gasteiger partial charge in [0.05, 0.1) is 38.8 Å². The fourth-order valence-corrected chi connectivity index (χ4v) is 3.57. The first-order valence-electron chi connectivity index (χ1n) is 7.66. The van der Waals surface area contributed by atoms with Gasteiger partial charge < -0.3 is 9.80 Å². The molecule has 0 bridgehead atoms. The summed E-state index contributed by atoms with van der Waals surface area (Å²) in [6.07, 6.45) is 0. The van der Waals surface area contributed by atoms with E-state index in [-0.39, 0.29) is 5.91 Å². The molecule has 0 aromatic heterocycles. The number of likely N-dealkylation sites (N-methyl/N-ethyl adjacent to an activating group) is 1. The number of quaternary nitrogens is 1. The SMILES string of the molecule is C[NH+]1CCN(C(=O)c2ccccc2Sc2ccccc2)CC1. The van der Waals surface area contributed by atoms with Crippen LogP contribution < -0.4 is 4.90 Å². The van der Waals surface area contributed by atoms with E-state index < -0.39 is 0 Å². The van der Waals surface area contributed by atoms with Crippen LogP contribution in [0.4, 0.5) is 0 Å². The zero-order valence-electron chi connectivity index (χ0n) is 12.8. The number of nitrogens with one attached hydrogen (secondary N) is 1. The molecule has 114 valence electrons.